The van der Waals surface area contributed by atoms with Gasteiger partial charge in [0.05, 0.1) is 17.4 Å². The number of hydrogen-bond acceptors (Lipinski definition) is 5. The van der Waals surface area contributed by atoms with Crippen LogP contribution >= 0.6 is 0 Å². The summed E-state index contributed by atoms with van der Waals surface area (Å²) < 4.78 is 41.6. The first-order valence-electron chi connectivity index (χ1n) is 11.7. The molecule has 1 aromatic heterocycles. The Morgan fingerprint density at radius 3 is 2.61 bits per heavy atom. The van der Waals surface area contributed by atoms with Crippen molar-refractivity contribution in [3.8, 4) is 11.5 Å². The van der Waals surface area contributed by atoms with Gasteiger partial charge in [0, 0.05) is 34.6 Å². The quantitative estimate of drug-likeness (QED) is 0.475. The van der Waals surface area contributed by atoms with Crippen LogP contribution in [0.1, 0.15) is 55.7 Å². The first-order valence-corrected chi connectivity index (χ1v) is 11.7. The Bertz CT molecular complexity index is 1410. The van der Waals surface area contributed by atoms with Gasteiger partial charge in [-0.15, -0.1) is 8.78 Å². The van der Waals surface area contributed by atoms with E-state index in [0.29, 0.717) is 12.1 Å². The first kappa shape index (κ1) is 23.8. The van der Waals surface area contributed by atoms with Crippen molar-refractivity contribution in [1.82, 2.24) is 9.88 Å². The van der Waals surface area contributed by atoms with Crippen LogP contribution in [0.5, 0.6) is 11.5 Å². The van der Waals surface area contributed by atoms with Crippen LogP contribution in [0.15, 0.2) is 48.7 Å². The molecular formula is C27H26F2N2O5. The molecule has 3 heterocycles. The van der Waals surface area contributed by atoms with Gasteiger partial charge < -0.3 is 24.1 Å². The third-order valence-electron chi connectivity index (χ3n) is 6.51. The van der Waals surface area contributed by atoms with E-state index in [0.717, 1.165) is 16.5 Å². The molecule has 0 fully saturated rings. The van der Waals surface area contributed by atoms with Crippen molar-refractivity contribution in [3.63, 3.8) is 0 Å². The number of aromatic amines is 1. The number of H-pyrrole nitrogens is 1. The third kappa shape index (κ3) is 4.08. The Balaban J connectivity index is 1.60. The normalized spacial score (nSPS) is 18.3. The molecule has 5 rings (SSSR count). The van der Waals surface area contributed by atoms with E-state index < -0.39 is 23.6 Å². The van der Waals surface area contributed by atoms with Crippen molar-refractivity contribution in [1.29, 1.82) is 0 Å². The molecule has 0 bridgehead atoms. The number of carbonyl (C=O) groups excluding carboxylic acids is 2. The highest BCUT2D eigenvalue weighted by atomic mass is 19.3. The summed E-state index contributed by atoms with van der Waals surface area (Å²) in [6.45, 7) is 7.92. The zero-order chi connectivity index (χ0) is 25.8. The molecule has 1 amide bonds. The molecule has 2 aliphatic heterocycles. The predicted molar refractivity (Wildman–Crippen MR) is 129 cm³/mol. The van der Waals surface area contributed by atoms with Crippen LogP contribution in [0.25, 0.3) is 16.5 Å². The van der Waals surface area contributed by atoms with Crippen molar-refractivity contribution >= 4 is 28.4 Å². The number of aromatic nitrogens is 1. The number of rotatable bonds is 4. The highest BCUT2D eigenvalue weighted by Crippen LogP contribution is 2.43. The molecule has 1 N–H and O–H groups in total. The Morgan fingerprint density at radius 2 is 1.86 bits per heavy atom. The maximum absolute atomic E-state index is 13.6. The van der Waals surface area contributed by atoms with Crippen LogP contribution in [0, 0.1) is 0 Å². The molecule has 2 aromatic carbocycles. The lowest BCUT2D eigenvalue weighted by Crippen LogP contribution is -2.37. The summed E-state index contributed by atoms with van der Waals surface area (Å²) in [4.78, 5) is 31.7. The summed E-state index contributed by atoms with van der Waals surface area (Å²) in [5.41, 5.74) is 2.11. The second-order valence-corrected chi connectivity index (χ2v) is 9.73. The van der Waals surface area contributed by atoms with Gasteiger partial charge in [-0.2, -0.15) is 0 Å². The van der Waals surface area contributed by atoms with Gasteiger partial charge in [0.2, 0.25) is 0 Å². The van der Waals surface area contributed by atoms with Crippen LogP contribution in [0.2, 0.25) is 0 Å². The van der Waals surface area contributed by atoms with Gasteiger partial charge in [-0.3, -0.25) is 4.79 Å². The Labute approximate surface area is 206 Å². The van der Waals surface area contributed by atoms with Crippen LogP contribution in [-0.2, 0) is 14.9 Å². The second kappa shape index (κ2) is 8.36. The number of carbonyl (C=O) groups is 2. The molecule has 1 unspecified atom stereocenters. The summed E-state index contributed by atoms with van der Waals surface area (Å²) in [6.07, 6.45) is -1.99. The summed E-state index contributed by atoms with van der Waals surface area (Å²) in [5.74, 6) is -1.41. The Kier molecular flexibility index (Phi) is 5.54. The maximum Gasteiger partial charge on any atom is 0.586 e. The largest absolute Gasteiger partial charge is 0.586 e. The van der Waals surface area contributed by atoms with E-state index in [-0.39, 0.29) is 35.3 Å². The van der Waals surface area contributed by atoms with Crippen LogP contribution < -0.4 is 9.47 Å². The SMILES string of the molecule is CCC(C)OC(=O)C1=CN(C(=O)c2ccc3c(c2)OC(F)(F)O3)CC(C)(C)c2c1[nH]c1ccccc21. The predicted octanol–water partition coefficient (Wildman–Crippen LogP) is 5.61. The zero-order valence-corrected chi connectivity index (χ0v) is 20.4. The van der Waals surface area contributed by atoms with Crippen LogP contribution in [0.3, 0.4) is 0 Å². The average molecular weight is 497 g/mol. The van der Waals surface area contributed by atoms with Crippen molar-refractivity contribution in [2.75, 3.05) is 6.54 Å². The highest BCUT2D eigenvalue weighted by molar-refractivity contribution is 6.18. The third-order valence-corrected chi connectivity index (χ3v) is 6.51. The Morgan fingerprint density at radius 1 is 1.14 bits per heavy atom. The topological polar surface area (TPSA) is 80.9 Å². The van der Waals surface area contributed by atoms with Gasteiger partial charge in [0.15, 0.2) is 11.5 Å². The maximum atomic E-state index is 13.6. The molecule has 0 saturated carbocycles. The van der Waals surface area contributed by atoms with E-state index in [1.165, 1.54) is 29.3 Å². The van der Waals surface area contributed by atoms with Gasteiger partial charge in [0.25, 0.3) is 5.91 Å². The molecule has 7 nitrogen and oxygen atoms in total. The molecule has 0 saturated heterocycles. The number of amides is 1. The number of hydrogen-bond donors (Lipinski definition) is 1. The number of fused-ring (bicyclic) bond motifs is 4. The van der Waals surface area contributed by atoms with E-state index >= 15 is 0 Å². The van der Waals surface area contributed by atoms with E-state index in [9.17, 15) is 18.4 Å². The molecular weight excluding hydrogens is 470 g/mol. The van der Waals surface area contributed by atoms with E-state index in [4.69, 9.17) is 4.74 Å². The van der Waals surface area contributed by atoms with Crippen LogP contribution in [0.4, 0.5) is 8.78 Å². The van der Waals surface area contributed by atoms with Gasteiger partial charge in [-0.25, -0.2) is 4.79 Å². The molecule has 0 aliphatic carbocycles. The highest BCUT2D eigenvalue weighted by Gasteiger charge is 2.44. The summed E-state index contributed by atoms with van der Waals surface area (Å²) in [5, 5.41) is 0.944. The van der Waals surface area contributed by atoms with Crippen molar-refractivity contribution in [2.24, 2.45) is 0 Å². The Hall–Kier alpha value is -3.88. The fourth-order valence-corrected chi connectivity index (χ4v) is 4.68. The number of esters is 1. The summed E-state index contributed by atoms with van der Waals surface area (Å²) in [7, 11) is 0. The molecule has 0 spiro atoms. The number of benzene rings is 2. The summed E-state index contributed by atoms with van der Waals surface area (Å²) in [6, 6.07) is 11.6. The molecule has 1 atom stereocenters. The first-order chi connectivity index (χ1) is 17.0. The minimum atomic E-state index is -3.79. The van der Waals surface area contributed by atoms with Gasteiger partial charge in [0.1, 0.15) is 0 Å². The zero-order valence-electron chi connectivity index (χ0n) is 20.4. The number of alkyl halides is 2. The number of halogens is 2. The second-order valence-electron chi connectivity index (χ2n) is 9.73. The standard InChI is InChI=1S/C27H26F2N2O5/c1-5-15(2)34-25(33)18-13-31(24(32)16-10-11-20-21(12-16)36-27(28,29)35-20)14-26(3,4)22-17-8-6-7-9-19(17)30-23(18)22/h6-13,15,30H,5,14H2,1-4H3. The molecule has 9 heteroatoms. The fraction of sp³-hybridized carbons (Fsp3) is 0.333. The van der Waals surface area contributed by atoms with E-state index in [2.05, 4.69) is 14.5 Å². The molecule has 36 heavy (non-hydrogen) atoms. The smallest absolute Gasteiger partial charge is 0.459 e. The van der Waals surface area contributed by atoms with Crippen LogP contribution in [-0.4, -0.2) is 40.7 Å². The lowest BCUT2D eigenvalue weighted by molar-refractivity contribution is -0.286. The number of nitrogens with one attached hydrogen (secondary N) is 1. The number of nitrogens with zero attached hydrogens (tertiary/aromatic N) is 1. The molecule has 3 aromatic rings. The number of para-hydroxylation sites is 1. The minimum Gasteiger partial charge on any atom is -0.459 e. The minimum absolute atomic E-state index is 0.118. The van der Waals surface area contributed by atoms with Gasteiger partial charge in [-0.1, -0.05) is 39.0 Å². The lowest BCUT2D eigenvalue weighted by Gasteiger charge is -2.29. The summed E-state index contributed by atoms with van der Waals surface area (Å²) >= 11 is 0. The van der Waals surface area contributed by atoms with Gasteiger partial charge >= 0.3 is 12.3 Å². The molecule has 188 valence electrons. The number of ether oxygens (including phenoxy) is 3. The molecule has 0 radical (unpaired) electrons. The monoisotopic (exact) mass is 496 g/mol. The van der Waals surface area contributed by atoms with E-state index in [1.54, 1.807) is 6.92 Å². The van der Waals surface area contributed by atoms with Gasteiger partial charge in [-0.05, 0) is 43.2 Å². The van der Waals surface area contributed by atoms with Crippen molar-refractivity contribution in [2.45, 2.75) is 51.9 Å². The molecule has 2 aliphatic rings. The fourth-order valence-electron chi connectivity index (χ4n) is 4.68. The lowest BCUT2D eigenvalue weighted by atomic mass is 9.81. The van der Waals surface area contributed by atoms with Crippen molar-refractivity contribution < 1.29 is 32.6 Å². The average Bonchev–Trinajstić information content (AvgIpc) is 3.33. The van der Waals surface area contributed by atoms with Crippen molar-refractivity contribution in [3.05, 3.63) is 65.5 Å². The van der Waals surface area contributed by atoms with E-state index in [1.807, 2.05) is 45.0 Å².